The summed E-state index contributed by atoms with van der Waals surface area (Å²) in [6.45, 7) is 2.48. The number of aliphatic imine (C=N–C) groups is 1. The van der Waals surface area contributed by atoms with E-state index in [0.717, 1.165) is 27.9 Å². The lowest BCUT2D eigenvalue weighted by atomic mass is 10.1. The third-order valence-corrected chi connectivity index (χ3v) is 4.61. The minimum absolute atomic E-state index is 0.0132. The largest absolute Gasteiger partial charge is 0.326 e. The summed E-state index contributed by atoms with van der Waals surface area (Å²) in [7, 11) is 0. The smallest absolute Gasteiger partial charge is 0.224 e. The van der Waals surface area contributed by atoms with Gasteiger partial charge in [-0.2, -0.15) is 5.10 Å². The number of carbonyl (C=O) groups excluding carboxylic acids is 1. The molecular formula is C19H20N4OS. The van der Waals surface area contributed by atoms with Gasteiger partial charge in [0.25, 0.3) is 0 Å². The Morgan fingerprint density at radius 3 is 2.60 bits per heavy atom. The summed E-state index contributed by atoms with van der Waals surface area (Å²) >= 11 is 1.64. The Kier molecular flexibility index (Phi) is 5.85. The van der Waals surface area contributed by atoms with E-state index in [1.165, 1.54) is 5.56 Å². The van der Waals surface area contributed by atoms with Crippen molar-refractivity contribution < 1.29 is 4.79 Å². The van der Waals surface area contributed by atoms with Gasteiger partial charge in [-0.25, -0.2) is 0 Å². The van der Waals surface area contributed by atoms with Crippen molar-refractivity contribution in [2.75, 3.05) is 11.1 Å². The van der Waals surface area contributed by atoms with Gasteiger partial charge in [0.15, 0.2) is 5.17 Å². The standard InChI is InChI=1S/C19H20N4OS/c1-2-18(24)21-16-10-8-15(9-11-16)17-13-25-19(23-22-17)20-12-14-6-4-3-5-7-14/h3-11H,2,12-13H2,1H3,(H,20,23)(H,21,24). The summed E-state index contributed by atoms with van der Waals surface area (Å²) in [5.74, 6) is 0.778. The van der Waals surface area contributed by atoms with Crippen LogP contribution in [-0.4, -0.2) is 22.5 Å². The number of carbonyl (C=O) groups is 1. The van der Waals surface area contributed by atoms with Crippen LogP contribution >= 0.6 is 11.8 Å². The number of amides is 1. The molecule has 2 aromatic carbocycles. The van der Waals surface area contributed by atoms with E-state index < -0.39 is 0 Å². The fourth-order valence-corrected chi connectivity index (χ4v) is 3.06. The second-order valence-electron chi connectivity index (χ2n) is 5.55. The maximum absolute atomic E-state index is 11.4. The number of nitrogens with one attached hydrogen (secondary N) is 2. The number of hydrogen-bond acceptors (Lipinski definition) is 4. The molecule has 0 atom stereocenters. The van der Waals surface area contributed by atoms with E-state index in [1.54, 1.807) is 11.8 Å². The van der Waals surface area contributed by atoms with Crippen LogP contribution in [0.1, 0.15) is 24.5 Å². The maximum Gasteiger partial charge on any atom is 0.224 e. The van der Waals surface area contributed by atoms with Crippen molar-refractivity contribution in [3.05, 3.63) is 65.7 Å². The highest BCUT2D eigenvalue weighted by atomic mass is 32.2. The Labute approximate surface area is 151 Å². The minimum atomic E-state index is 0.0132. The van der Waals surface area contributed by atoms with Crippen LogP contribution in [-0.2, 0) is 11.3 Å². The molecule has 0 spiro atoms. The summed E-state index contributed by atoms with van der Waals surface area (Å²) in [6.07, 6.45) is 0.472. The van der Waals surface area contributed by atoms with Crippen LogP contribution < -0.4 is 10.7 Å². The van der Waals surface area contributed by atoms with E-state index in [0.29, 0.717) is 13.0 Å². The van der Waals surface area contributed by atoms with E-state index in [1.807, 2.05) is 49.4 Å². The first-order valence-corrected chi connectivity index (χ1v) is 9.17. The van der Waals surface area contributed by atoms with Crippen LogP contribution in [0, 0.1) is 0 Å². The molecule has 2 N–H and O–H groups in total. The van der Waals surface area contributed by atoms with Crippen LogP contribution in [0.15, 0.2) is 64.7 Å². The molecule has 0 aromatic heterocycles. The highest BCUT2D eigenvalue weighted by Crippen LogP contribution is 2.17. The first-order valence-electron chi connectivity index (χ1n) is 8.18. The van der Waals surface area contributed by atoms with Crippen LogP contribution in [0.3, 0.4) is 0 Å². The Balaban J connectivity index is 1.60. The topological polar surface area (TPSA) is 65.8 Å². The summed E-state index contributed by atoms with van der Waals surface area (Å²) in [6, 6.07) is 17.9. The van der Waals surface area contributed by atoms with Crippen LogP contribution in [0.4, 0.5) is 5.69 Å². The molecule has 1 heterocycles. The van der Waals surface area contributed by atoms with Gasteiger partial charge in [-0.1, -0.05) is 61.2 Å². The summed E-state index contributed by atoms with van der Waals surface area (Å²) in [5, 5.41) is 8.10. The van der Waals surface area contributed by atoms with Crippen molar-refractivity contribution in [3.8, 4) is 0 Å². The molecular weight excluding hydrogens is 332 g/mol. The van der Waals surface area contributed by atoms with Gasteiger partial charge in [-0.05, 0) is 23.3 Å². The van der Waals surface area contributed by atoms with Gasteiger partial charge in [0, 0.05) is 17.9 Å². The van der Waals surface area contributed by atoms with Gasteiger partial charge >= 0.3 is 0 Å². The number of amidine groups is 1. The molecule has 6 heteroatoms. The number of hydrazone groups is 1. The molecule has 1 amide bonds. The molecule has 0 aliphatic carbocycles. The van der Waals surface area contributed by atoms with Gasteiger partial charge in [0.2, 0.25) is 5.91 Å². The number of thioether (sulfide) groups is 1. The molecule has 0 fully saturated rings. The van der Waals surface area contributed by atoms with Crippen molar-refractivity contribution in [3.63, 3.8) is 0 Å². The zero-order valence-corrected chi connectivity index (χ0v) is 14.8. The minimum Gasteiger partial charge on any atom is -0.326 e. The van der Waals surface area contributed by atoms with Gasteiger partial charge in [-0.15, -0.1) is 0 Å². The van der Waals surface area contributed by atoms with Gasteiger partial charge in [0.1, 0.15) is 0 Å². The Hall–Kier alpha value is -2.60. The molecule has 1 aliphatic heterocycles. The number of hydrogen-bond donors (Lipinski definition) is 2. The molecule has 5 nitrogen and oxygen atoms in total. The second-order valence-corrected chi connectivity index (χ2v) is 6.51. The van der Waals surface area contributed by atoms with Gasteiger partial charge < -0.3 is 5.32 Å². The average molecular weight is 352 g/mol. The first-order chi connectivity index (χ1) is 12.2. The third-order valence-electron chi connectivity index (χ3n) is 3.70. The fourth-order valence-electron chi connectivity index (χ4n) is 2.29. The lowest BCUT2D eigenvalue weighted by Crippen LogP contribution is -2.25. The number of nitrogens with zero attached hydrogens (tertiary/aromatic N) is 2. The Morgan fingerprint density at radius 2 is 1.96 bits per heavy atom. The lowest BCUT2D eigenvalue weighted by Gasteiger charge is -2.15. The lowest BCUT2D eigenvalue weighted by molar-refractivity contribution is -0.115. The zero-order chi connectivity index (χ0) is 17.5. The number of anilines is 1. The monoisotopic (exact) mass is 352 g/mol. The fraction of sp³-hybridized carbons (Fsp3) is 0.211. The second kappa shape index (κ2) is 8.48. The third kappa shape index (κ3) is 4.93. The normalized spacial score (nSPS) is 15.4. The molecule has 3 rings (SSSR count). The van der Waals surface area contributed by atoms with Crippen molar-refractivity contribution in [2.45, 2.75) is 19.9 Å². The van der Waals surface area contributed by atoms with E-state index in [4.69, 9.17) is 0 Å². The molecule has 1 aliphatic rings. The van der Waals surface area contributed by atoms with Gasteiger partial charge in [-0.3, -0.25) is 15.2 Å². The predicted octanol–water partition coefficient (Wildman–Crippen LogP) is 3.63. The van der Waals surface area contributed by atoms with Crippen molar-refractivity contribution in [1.82, 2.24) is 5.43 Å². The average Bonchev–Trinajstić information content (AvgIpc) is 2.68. The highest BCUT2D eigenvalue weighted by molar-refractivity contribution is 8.14. The summed E-state index contributed by atoms with van der Waals surface area (Å²) in [5.41, 5.74) is 7.01. The Morgan fingerprint density at radius 1 is 1.20 bits per heavy atom. The summed E-state index contributed by atoms with van der Waals surface area (Å²) in [4.78, 5) is 16.0. The quantitative estimate of drug-likeness (QED) is 0.863. The summed E-state index contributed by atoms with van der Waals surface area (Å²) < 4.78 is 0. The SMILES string of the molecule is CCC(=O)Nc1ccc(C2=NNC(=NCc3ccccc3)SC2)cc1. The van der Waals surface area contributed by atoms with Crippen molar-refractivity contribution in [2.24, 2.45) is 10.1 Å². The maximum atomic E-state index is 11.4. The van der Waals surface area contributed by atoms with Crippen LogP contribution in [0.5, 0.6) is 0 Å². The number of benzene rings is 2. The van der Waals surface area contributed by atoms with Crippen molar-refractivity contribution in [1.29, 1.82) is 0 Å². The van der Waals surface area contributed by atoms with E-state index in [9.17, 15) is 4.79 Å². The van der Waals surface area contributed by atoms with Crippen LogP contribution in [0.2, 0.25) is 0 Å². The molecule has 0 radical (unpaired) electrons. The predicted molar refractivity (Wildman–Crippen MR) is 105 cm³/mol. The van der Waals surface area contributed by atoms with E-state index in [2.05, 4.69) is 33.0 Å². The van der Waals surface area contributed by atoms with Crippen molar-refractivity contribution >= 4 is 34.2 Å². The first kappa shape index (κ1) is 17.2. The molecule has 128 valence electrons. The molecule has 0 saturated carbocycles. The highest BCUT2D eigenvalue weighted by Gasteiger charge is 2.13. The number of rotatable bonds is 5. The van der Waals surface area contributed by atoms with Gasteiger partial charge in [0.05, 0.1) is 12.3 Å². The van der Waals surface area contributed by atoms with E-state index in [-0.39, 0.29) is 5.91 Å². The molecule has 25 heavy (non-hydrogen) atoms. The van der Waals surface area contributed by atoms with E-state index >= 15 is 0 Å². The molecule has 2 aromatic rings. The molecule has 0 unspecified atom stereocenters. The molecule has 0 saturated heterocycles. The Bertz CT molecular complexity index is 785. The zero-order valence-electron chi connectivity index (χ0n) is 14.0. The van der Waals surface area contributed by atoms with Crippen LogP contribution in [0.25, 0.3) is 0 Å². The molecule has 0 bridgehead atoms.